The third-order valence-corrected chi connectivity index (χ3v) is 4.37. The Balaban J connectivity index is 1.58. The van der Waals surface area contributed by atoms with Crippen LogP contribution in [0.1, 0.15) is 21.5 Å². The first-order valence-electron chi connectivity index (χ1n) is 8.11. The summed E-state index contributed by atoms with van der Waals surface area (Å²) in [6.07, 6.45) is 3.49. The molecule has 0 aliphatic rings. The molecular weight excluding hydrogens is 441 g/mol. The zero-order valence-corrected chi connectivity index (χ0v) is 16.1. The molecule has 0 radical (unpaired) electrons. The summed E-state index contributed by atoms with van der Waals surface area (Å²) in [6.45, 7) is 0.922. The fraction of sp³-hybridized carbons (Fsp3) is 0.100. The van der Waals surface area contributed by atoms with Gasteiger partial charge in [0.25, 0.3) is 5.91 Å². The van der Waals surface area contributed by atoms with Gasteiger partial charge in [-0.2, -0.15) is 0 Å². The first-order chi connectivity index (χ1) is 12.7. The van der Waals surface area contributed by atoms with Gasteiger partial charge in [0.1, 0.15) is 0 Å². The van der Waals surface area contributed by atoms with Crippen LogP contribution in [0, 0.1) is 3.57 Å². The summed E-state index contributed by atoms with van der Waals surface area (Å²) >= 11 is 2.24. The second-order valence-corrected chi connectivity index (χ2v) is 6.85. The van der Waals surface area contributed by atoms with Gasteiger partial charge in [0.2, 0.25) is 0 Å². The van der Waals surface area contributed by atoms with Crippen LogP contribution in [0.2, 0.25) is 0 Å². The Kier molecular flexibility index (Phi) is 6.56. The van der Waals surface area contributed by atoms with E-state index in [4.69, 9.17) is 4.84 Å². The van der Waals surface area contributed by atoms with Crippen molar-refractivity contribution in [2.75, 3.05) is 5.32 Å². The molecule has 0 unspecified atom stereocenters. The van der Waals surface area contributed by atoms with E-state index in [0.717, 1.165) is 20.4 Å². The molecule has 1 amide bonds. The molecule has 2 aromatic carbocycles. The third kappa shape index (κ3) is 5.27. The van der Waals surface area contributed by atoms with Crippen molar-refractivity contribution in [1.29, 1.82) is 0 Å². The van der Waals surface area contributed by atoms with Crippen molar-refractivity contribution < 1.29 is 9.63 Å². The summed E-state index contributed by atoms with van der Waals surface area (Å²) in [5.74, 6) is -0.284. The second-order valence-electron chi connectivity index (χ2n) is 5.60. The van der Waals surface area contributed by atoms with Gasteiger partial charge in [0, 0.05) is 28.2 Å². The molecule has 0 spiro atoms. The number of nitrogens with one attached hydrogen (secondary N) is 2. The van der Waals surface area contributed by atoms with E-state index in [0.29, 0.717) is 18.7 Å². The van der Waals surface area contributed by atoms with Crippen molar-refractivity contribution in [2.45, 2.75) is 13.2 Å². The van der Waals surface area contributed by atoms with Crippen molar-refractivity contribution in [3.63, 3.8) is 0 Å². The molecule has 6 heteroatoms. The van der Waals surface area contributed by atoms with Gasteiger partial charge in [-0.3, -0.25) is 14.6 Å². The minimum atomic E-state index is -0.284. The predicted molar refractivity (Wildman–Crippen MR) is 109 cm³/mol. The van der Waals surface area contributed by atoms with E-state index in [1.807, 2.05) is 54.6 Å². The van der Waals surface area contributed by atoms with Crippen LogP contribution in [0.3, 0.4) is 0 Å². The van der Waals surface area contributed by atoms with Gasteiger partial charge in [-0.15, -0.1) is 0 Å². The van der Waals surface area contributed by atoms with Crippen molar-refractivity contribution in [1.82, 2.24) is 10.5 Å². The predicted octanol–water partition coefficient (Wildman–Crippen LogP) is 4.16. The highest BCUT2D eigenvalue weighted by Gasteiger charge is 2.11. The van der Waals surface area contributed by atoms with Crippen LogP contribution in [0.4, 0.5) is 5.69 Å². The van der Waals surface area contributed by atoms with Crippen LogP contribution < -0.4 is 10.8 Å². The number of para-hydroxylation sites is 1. The molecule has 1 heterocycles. The molecule has 0 atom stereocenters. The highest BCUT2D eigenvalue weighted by Crippen LogP contribution is 2.16. The average molecular weight is 459 g/mol. The van der Waals surface area contributed by atoms with Gasteiger partial charge in [-0.05, 0) is 70.1 Å². The monoisotopic (exact) mass is 459 g/mol. The maximum absolute atomic E-state index is 12.4. The fourth-order valence-corrected chi connectivity index (χ4v) is 3.01. The number of benzene rings is 2. The second kappa shape index (κ2) is 9.30. The lowest BCUT2D eigenvalue weighted by Gasteiger charge is -2.12. The first kappa shape index (κ1) is 18.3. The van der Waals surface area contributed by atoms with Crippen molar-refractivity contribution in [3.8, 4) is 0 Å². The number of aromatic nitrogens is 1. The Bertz CT molecular complexity index is 872. The molecule has 0 aliphatic carbocycles. The topological polar surface area (TPSA) is 63.2 Å². The number of hydrogen-bond acceptors (Lipinski definition) is 4. The van der Waals surface area contributed by atoms with Gasteiger partial charge in [-0.1, -0.05) is 24.3 Å². The van der Waals surface area contributed by atoms with Gasteiger partial charge < -0.3 is 5.32 Å². The van der Waals surface area contributed by atoms with E-state index in [1.54, 1.807) is 18.5 Å². The first-order valence-corrected chi connectivity index (χ1v) is 9.18. The number of hydrogen-bond donors (Lipinski definition) is 2. The summed E-state index contributed by atoms with van der Waals surface area (Å²) < 4.78 is 1.13. The molecule has 0 aliphatic heterocycles. The maximum Gasteiger partial charge on any atom is 0.276 e. The number of carbonyl (C=O) groups is 1. The summed E-state index contributed by atoms with van der Waals surface area (Å²) in [4.78, 5) is 21.8. The standard InChI is InChI=1S/C20H18IN3O2/c21-17-5-3-4-16(12-17)14-26-24-20(25)18-6-1-2-7-19(18)23-13-15-8-10-22-11-9-15/h1-12,23H,13-14H2,(H,24,25). The number of rotatable bonds is 7. The number of hydroxylamine groups is 1. The van der Waals surface area contributed by atoms with Crippen molar-refractivity contribution in [2.24, 2.45) is 0 Å². The molecule has 3 rings (SSSR count). The van der Waals surface area contributed by atoms with E-state index < -0.39 is 0 Å². The van der Waals surface area contributed by atoms with Crippen LogP contribution in [0.5, 0.6) is 0 Å². The summed E-state index contributed by atoms with van der Waals surface area (Å²) in [7, 11) is 0. The minimum absolute atomic E-state index is 0.284. The zero-order chi connectivity index (χ0) is 18.2. The minimum Gasteiger partial charge on any atom is -0.380 e. The molecule has 0 bridgehead atoms. The summed E-state index contributed by atoms with van der Waals surface area (Å²) in [5, 5.41) is 3.28. The van der Waals surface area contributed by atoms with E-state index >= 15 is 0 Å². The number of carbonyl (C=O) groups excluding carboxylic acids is 1. The number of nitrogens with zero attached hydrogens (tertiary/aromatic N) is 1. The highest BCUT2D eigenvalue weighted by atomic mass is 127. The van der Waals surface area contributed by atoms with Gasteiger partial charge >= 0.3 is 0 Å². The Hall–Kier alpha value is -2.45. The molecular formula is C20H18IN3O2. The van der Waals surface area contributed by atoms with Crippen LogP contribution in [0.15, 0.2) is 73.1 Å². The van der Waals surface area contributed by atoms with Crippen LogP contribution in [-0.4, -0.2) is 10.9 Å². The lowest BCUT2D eigenvalue weighted by atomic mass is 10.1. The van der Waals surface area contributed by atoms with E-state index in [2.05, 4.69) is 38.4 Å². The highest BCUT2D eigenvalue weighted by molar-refractivity contribution is 14.1. The molecule has 2 N–H and O–H groups in total. The van der Waals surface area contributed by atoms with E-state index in [1.165, 1.54) is 0 Å². The summed E-state index contributed by atoms with van der Waals surface area (Å²) in [6, 6.07) is 19.1. The van der Waals surface area contributed by atoms with Crippen LogP contribution in [0.25, 0.3) is 0 Å². The zero-order valence-electron chi connectivity index (χ0n) is 14.0. The molecule has 132 valence electrons. The van der Waals surface area contributed by atoms with E-state index in [-0.39, 0.29) is 5.91 Å². The number of amides is 1. The summed E-state index contributed by atoms with van der Waals surface area (Å²) in [5.41, 5.74) is 5.88. The molecule has 0 saturated carbocycles. The van der Waals surface area contributed by atoms with Crippen molar-refractivity contribution >= 4 is 34.2 Å². The normalized spacial score (nSPS) is 10.3. The molecule has 1 aromatic heterocycles. The lowest BCUT2D eigenvalue weighted by Crippen LogP contribution is -2.24. The Labute approximate surface area is 165 Å². The van der Waals surface area contributed by atoms with Gasteiger partial charge in [0.15, 0.2) is 0 Å². The molecule has 26 heavy (non-hydrogen) atoms. The Morgan fingerprint density at radius 3 is 2.62 bits per heavy atom. The average Bonchev–Trinajstić information content (AvgIpc) is 2.67. The maximum atomic E-state index is 12.4. The SMILES string of the molecule is O=C(NOCc1cccc(I)c1)c1ccccc1NCc1ccncc1. The molecule has 5 nitrogen and oxygen atoms in total. The van der Waals surface area contributed by atoms with Gasteiger partial charge in [0.05, 0.1) is 12.2 Å². The van der Waals surface area contributed by atoms with Crippen LogP contribution in [-0.2, 0) is 18.0 Å². The fourth-order valence-electron chi connectivity index (χ4n) is 2.40. The number of halogens is 1. The number of pyridine rings is 1. The largest absolute Gasteiger partial charge is 0.380 e. The Morgan fingerprint density at radius 1 is 1.00 bits per heavy atom. The third-order valence-electron chi connectivity index (χ3n) is 3.70. The molecule has 3 aromatic rings. The molecule has 0 fully saturated rings. The van der Waals surface area contributed by atoms with Crippen molar-refractivity contribution in [3.05, 3.63) is 93.3 Å². The van der Waals surface area contributed by atoms with Gasteiger partial charge in [-0.25, -0.2) is 5.48 Å². The van der Waals surface area contributed by atoms with E-state index in [9.17, 15) is 4.79 Å². The molecule has 0 saturated heterocycles. The smallest absolute Gasteiger partial charge is 0.276 e. The van der Waals surface area contributed by atoms with Crippen LogP contribution >= 0.6 is 22.6 Å². The number of anilines is 1. The Morgan fingerprint density at radius 2 is 1.81 bits per heavy atom. The lowest BCUT2D eigenvalue weighted by molar-refractivity contribution is 0.0234. The quantitative estimate of drug-likeness (QED) is 0.412.